The van der Waals surface area contributed by atoms with Crippen molar-refractivity contribution < 1.29 is 4.74 Å². The molecule has 2 radical (unpaired) electrons. The Morgan fingerprint density at radius 2 is 1.80 bits per heavy atom. The molecule has 0 unspecified atom stereocenters. The van der Waals surface area contributed by atoms with E-state index in [1.54, 1.807) is 0 Å². The molecule has 30 valence electrons. The fourth-order valence-corrected chi connectivity index (χ4v) is 0. The largest absolute Gasteiger partial charge is 0.370 e. The molecule has 0 spiro atoms. The highest BCUT2D eigenvalue weighted by Gasteiger charge is 1.81. The molecule has 5 heavy (non-hydrogen) atoms. The Morgan fingerprint density at radius 1 is 1.60 bits per heavy atom. The zero-order valence-electron chi connectivity index (χ0n) is 3.62. The SMILES string of the molecule is [CH2]O[C](C)C. The Balaban J connectivity index is 2.54. The lowest BCUT2D eigenvalue weighted by molar-refractivity contribution is 0.269. The van der Waals surface area contributed by atoms with Crippen molar-refractivity contribution in [3.63, 3.8) is 0 Å². The molecule has 0 amide bonds. The van der Waals surface area contributed by atoms with Crippen molar-refractivity contribution in [2.24, 2.45) is 0 Å². The third-order valence-corrected chi connectivity index (χ3v) is 0.289. The van der Waals surface area contributed by atoms with Gasteiger partial charge in [-0.05, 0) is 13.8 Å². The van der Waals surface area contributed by atoms with Gasteiger partial charge in [-0.3, -0.25) is 0 Å². The molecule has 0 aliphatic rings. The van der Waals surface area contributed by atoms with E-state index in [0.717, 1.165) is 6.10 Å². The van der Waals surface area contributed by atoms with Crippen LogP contribution < -0.4 is 0 Å². The van der Waals surface area contributed by atoms with Crippen LogP contribution in [0.4, 0.5) is 0 Å². The normalized spacial score (nSPS) is 9.60. The topological polar surface area (TPSA) is 9.23 Å². The lowest BCUT2D eigenvalue weighted by atomic mass is 10.5. The smallest absolute Gasteiger partial charge is 0.0910 e. The van der Waals surface area contributed by atoms with Crippen LogP contribution in [-0.2, 0) is 4.74 Å². The number of hydrogen-bond acceptors (Lipinski definition) is 1. The van der Waals surface area contributed by atoms with Gasteiger partial charge in [-0.2, -0.15) is 0 Å². The second kappa shape index (κ2) is 2.21. The molecule has 0 N–H and O–H groups in total. The molecule has 0 aliphatic carbocycles. The molecule has 0 aromatic heterocycles. The first-order valence-electron chi connectivity index (χ1n) is 1.49. The summed E-state index contributed by atoms with van der Waals surface area (Å²) in [5.74, 6) is 0. The number of hydrogen-bond donors (Lipinski definition) is 0. The van der Waals surface area contributed by atoms with Gasteiger partial charge < -0.3 is 4.74 Å². The summed E-state index contributed by atoms with van der Waals surface area (Å²) in [5, 5.41) is 0. The van der Waals surface area contributed by atoms with Crippen molar-refractivity contribution in [1.82, 2.24) is 0 Å². The van der Waals surface area contributed by atoms with Gasteiger partial charge in [0, 0.05) is 0 Å². The Morgan fingerprint density at radius 3 is 1.80 bits per heavy atom. The van der Waals surface area contributed by atoms with E-state index in [1.807, 2.05) is 13.8 Å². The minimum absolute atomic E-state index is 0.894. The van der Waals surface area contributed by atoms with E-state index in [2.05, 4.69) is 11.8 Å². The quantitative estimate of drug-likeness (QED) is 0.454. The van der Waals surface area contributed by atoms with Crippen molar-refractivity contribution in [3.8, 4) is 0 Å². The highest BCUT2D eigenvalue weighted by molar-refractivity contribution is 4.58. The van der Waals surface area contributed by atoms with E-state index >= 15 is 0 Å². The Bertz CT molecular complexity index is 17.6. The van der Waals surface area contributed by atoms with Crippen LogP contribution in [0.25, 0.3) is 0 Å². The molecule has 0 saturated carbocycles. The van der Waals surface area contributed by atoms with Crippen LogP contribution >= 0.6 is 0 Å². The lowest BCUT2D eigenvalue weighted by Crippen LogP contribution is -1.79. The fraction of sp³-hybridized carbons (Fsp3) is 0.500. The Labute approximate surface area is 32.9 Å². The monoisotopic (exact) mass is 72.1 g/mol. The molecule has 0 rings (SSSR count). The van der Waals surface area contributed by atoms with E-state index in [-0.39, 0.29) is 0 Å². The average molecular weight is 72.1 g/mol. The van der Waals surface area contributed by atoms with Gasteiger partial charge in [0.05, 0.1) is 13.2 Å². The third kappa shape index (κ3) is 3.96. The van der Waals surface area contributed by atoms with Crippen molar-refractivity contribution in [1.29, 1.82) is 0 Å². The first kappa shape index (κ1) is 4.96. The van der Waals surface area contributed by atoms with Crippen LogP contribution in [-0.4, -0.2) is 0 Å². The maximum absolute atomic E-state index is 4.42. The van der Waals surface area contributed by atoms with Crippen LogP contribution in [0.3, 0.4) is 0 Å². The summed E-state index contributed by atoms with van der Waals surface area (Å²) in [6.07, 6.45) is 0.894. The van der Waals surface area contributed by atoms with Crippen molar-refractivity contribution in [2.75, 3.05) is 0 Å². The summed E-state index contributed by atoms with van der Waals surface area (Å²) in [5.41, 5.74) is 0. The van der Waals surface area contributed by atoms with Gasteiger partial charge in [0.1, 0.15) is 0 Å². The van der Waals surface area contributed by atoms with Crippen LogP contribution in [0, 0.1) is 13.2 Å². The molecule has 0 aromatic carbocycles. The molecular weight excluding hydrogens is 64.0 g/mol. The summed E-state index contributed by atoms with van der Waals surface area (Å²) >= 11 is 0. The van der Waals surface area contributed by atoms with Gasteiger partial charge >= 0.3 is 0 Å². The van der Waals surface area contributed by atoms with Gasteiger partial charge in [0.15, 0.2) is 0 Å². The summed E-state index contributed by atoms with van der Waals surface area (Å²) in [6, 6.07) is 0. The van der Waals surface area contributed by atoms with Crippen molar-refractivity contribution in [2.45, 2.75) is 13.8 Å². The molecular formula is C4H8O. The van der Waals surface area contributed by atoms with E-state index in [4.69, 9.17) is 0 Å². The van der Waals surface area contributed by atoms with Crippen LogP contribution in [0.2, 0.25) is 0 Å². The van der Waals surface area contributed by atoms with Gasteiger partial charge in [0.25, 0.3) is 0 Å². The number of rotatable bonds is 1. The van der Waals surface area contributed by atoms with E-state index < -0.39 is 0 Å². The first-order valence-corrected chi connectivity index (χ1v) is 1.49. The molecule has 0 fully saturated rings. The van der Waals surface area contributed by atoms with Crippen LogP contribution in [0.1, 0.15) is 13.8 Å². The van der Waals surface area contributed by atoms with E-state index in [1.165, 1.54) is 0 Å². The molecule has 0 atom stereocenters. The van der Waals surface area contributed by atoms with Gasteiger partial charge in [0.2, 0.25) is 0 Å². The van der Waals surface area contributed by atoms with E-state index in [9.17, 15) is 0 Å². The fourth-order valence-electron chi connectivity index (χ4n) is 0. The van der Waals surface area contributed by atoms with Crippen molar-refractivity contribution >= 4 is 0 Å². The van der Waals surface area contributed by atoms with Gasteiger partial charge in [-0.15, -0.1) is 0 Å². The number of ether oxygens (including phenoxy) is 1. The molecule has 1 nitrogen and oxygen atoms in total. The maximum atomic E-state index is 4.42. The minimum atomic E-state index is 0.894. The highest BCUT2D eigenvalue weighted by Crippen LogP contribution is 1.91. The molecule has 1 heteroatoms. The second-order valence-corrected chi connectivity index (χ2v) is 1.05. The first-order chi connectivity index (χ1) is 2.27. The Hall–Kier alpha value is -0.0400. The molecule has 0 aliphatic heterocycles. The van der Waals surface area contributed by atoms with Crippen LogP contribution in [0.15, 0.2) is 0 Å². The van der Waals surface area contributed by atoms with Gasteiger partial charge in [-0.25, -0.2) is 0 Å². The summed E-state index contributed by atoms with van der Waals surface area (Å²) in [4.78, 5) is 0. The predicted molar refractivity (Wildman–Crippen MR) is 21.0 cm³/mol. The summed E-state index contributed by atoms with van der Waals surface area (Å²) in [7, 11) is 3.15. The molecule has 0 heterocycles. The second-order valence-electron chi connectivity index (χ2n) is 1.05. The van der Waals surface area contributed by atoms with Gasteiger partial charge in [-0.1, -0.05) is 0 Å². The van der Waals surface area contributed by atoms with Crippen LogP contribution in [0.5, 0.6) is 0 Å². The lowest BCUT2D eigenvalue weighted by Gasteiger charge is -1.92. The molecule has 0 aromatic rings. The van der Waals surface area contributed by atoms with E-state index in [0.29, 0.717) is 0 Å². The standard InChI is InChI=1S/C4H8O/c1-4(2)5-3/h3H2,1-2H3. The third-order valence-electron chi connectivity index (χ3n) is 0.289. The predicted octanol–water partition coefficient (Wildman–Crippen LogP) is 1.37. The minimum Gasteiger partial charge on any atom is -0.370 e. The highest BCUT2D eigenvalue weighted by atomic mass is 16.5. The summed E-state index contributed by atoms with van der Waals surface area (Å²) < 4.78 is 4.42. The zero-order chi connectivity index (χ0) is 4.28. The summed E-state index contributed by atoms with van der Waals surface area (Å²) in [6.45, 7) is 3.71. The average Bonchev–Trinajstić information content (AvgIpc) is 1.38. The zero-order valence-corrected chi connectivity index (χ0v) is 3.62. The Kier molecular flexibility index (Phi) is 2.19. The maximum Gasteiger partial charge on any atom is 0.0910 e. The molecule has 0 bridgehead atoms. The van der Waals surface area contributed by atoms with Crippen molar-refractivity contribution in [3.05, 3.63) is 13.2 Å². The molecule has 0 saturated heterocycles.